The van der Waals surface area contributed by atoms with Gasteiger partial charge in [-0.1, -0.05) is 0 Å². The largest absolute Gasteiger partial charge is 0.465 e. The van der Waals surface area contributed by atoms with Gasteiger partial charge >= 0.3 is 6.09 Å². The van der Waals surface area contributed by atoms with Crippen molar-refractivity contribution < 1.29 is 9.90 Å². The van der Waals surface area contributed by atoms with Crippen LogP contribution in [0.1, 0.15) is 12.8 Å². The zero-order valence-electron chi connectivity index (χ0n) is 5.80. The van der Waals surface area contributed by atoms with Gasteiger partial charge in [0.25, 0.3) is 0 Å². The van der Waals surface area contributed by atoms with Crippen LogP contribution in [0.25, 0.3) is 0 Å². The number of carbonyl (C=O) groups is 1. The van der Waals surface area contributed by atoms with E-state index in [-0.39, 0.29) is 5.54 Å². The summed E-state index contributed by atoms with van der Waals surface area (Å²) in [6.45, 7) is 0. The van der Waals surface area contributed by atoms with Crippen molar-refractivity contribution >= 4 is 17.7 Å². The van der Waals surface area contributed by atoms with E-state index in [9.17, 15) is 4.79 Å². The predicted octanol–water partition coefficient (Wildman–Crippen LogP) is 1.37. The Balaban J connectivity index is 2.55. The average molecular weight is 164 g/mol. The highest BCUT2D eigenvalue weighted by atomic mass is 35.5. The number of nitrogens with zero attached hydrogens (tertiary/aromatic N) is 1. The number of rotatable bonds is 2. The first-order chi connectivity index (χ1) is 4.62. The van der Waals surface area contributed by atoms with Crippen LogP contribution in [0.3, 0.4) is 0 Å². The summed E-state index contributed by atoms with van der Waals surface area (Å²) in [5.74, 6) is 0.413. The van der Waals surface area contributed by atoms with Crippen LogP contribution in [0.15, 0.2) is 0 Å². The fraction of sp³-hybridized carbons (Fsp3) is 0.833. The minimum absolute atomic E-state index is 0.229. The smallest absolute Gasteiger partial charge is 0.407 e. The van der Waals surface area contributed by atoms with E-state index in [0.717, 1.165) is 12.8 Å². The SMILES string of the molecule is CN(C(=O)O)C1(CCl)CC1. The topological polar surface area (TPSA) is 40.5 Å². The Hall–Kier alpha value is -0.440. The van der Waals surface area contributed by atoms with E-state index in [1.807, 2.05) is 0 Å². The summed E-state index contributed by atoms with van der Waals surface area (Å²) in [4.78, 5) is 11.7. The van der Waals surface area contributed by atoms with E-state index in [1.165, 1.54) is 4.90 Å². The van der Waals surface area contributed by atoms with Crippen LogP contribution >= 0.6 is 11.6 Å². The standard InChI is InChI=1S/C6H10ClNO2/c1-8(5(9)10)6(4-7)2-3-6/h2-4H2,1H3,(H,9,10). The van der Waals surface area contributed by atoms with Crippen LogP contribution < -0.4 is 0 Å². The molecule has 0 saturated heterocycles. The predicted molar refractivity (Wildman–Crippen MR) is 38.5 cm³/mol. The first kappa shape index (κ1) is 7.66. The Morgan fingerprint density at radius 3 is 2.40 bits per heavy atom. The zero-order chi connectivity index (χ0) is 7.78. The third-order valence-corrected chi connectivity index (χ3v) is 2.57. The Bertz CT molecular complexity index is 156. The summed E-state index contributed by atoms with van der Waals surface area (Å²) < 4.78 is 0. The molecule has 58 valence electrons. The van der Waals surface area contributed by atoms with Gasteiger partial charge in [0.2, 0.25) is 0 Å². The Kier molecular flexibility index (Phi) is 1.77. The maximum absolute atomic E-state index is 10.4. The van der Waals surface area contributed by atoms with Gasteiger partial charge < -0.3 is 10.0 Å². The molecule has 0 aromatic carbocycles. The highest BCUT2D eigenvalue weighted by molar-refractivity contribution is 6.19. The van der Waals surface area contributed by atoms with Crippen LogP contribution in [-0.2, 0) is 0 Å². The maximum Gasteiger partial charge on any atom is 0.407 e. The molecule has 1 aliphatic carbocycles. The zero-order valence-corrected chi connectivity index (χ0v) is 6.56. The second-order valence-corrected chi connectivity index (χ2v) is 2.97. The number of amides is 1. The maximum atomic E-state index is 10.4. The van der Waals surface area contributed by atoms with Gasteiger partial charge in [0.1, 0.15) is 0 Å². The minimum atomic E-state index is -0.891. The molecule has 1 fully saturated rings. The minimum Gasteiger partial charge on any atom is -0.465 e. The van der Waals surface area contributed by atoms with E-state index in [2.05, 4.69) is 0 Å². The molecule has 1 amide bonds. The summed E-state index contributed by atoms with van der Waals surface area (Å²) >= 11 is 5.59. The normalized spacial score (nSPS) is 20.2. The number of alkyl halides is 1. The van der Waals surface area contributed by atoms with Crippen molar-refractivity contribution in [2.75, 3.05) is 12.9 Å². The summed E-state index contributed by atoms with van der Waals surface area (Å²) in [6, 6.07) is 0. The van der Waals surface area contributed by atoms with Gasteiger partial charge in [0.15, 0.2) is 0 Å². The van der Waals surface area contributed by atoms with Crippen molar-refractivity contribution in [2.24, 2.45) is 0 Å². The molecular weight excluding hydrogens is 154 g/mol. The molecule has 0 aromatic rings. The molecule has 0 aromatic heterocycles. The first-order valence-electron chi connectivity index (χ1n) is 3.15. The van der Waals surface area contributed by atoms with E-state index < -0.39 is 6.09 Å². The Labute approximate surface area is 64.6 Å². The molecule has 10 heavy (non-hydrogen) atoms. The summed E-state index contributed by atoms with van der Waals surface area (Å²) in [6.07, 6.45) is 0.914. The molecule has 1 aliphatic rings. The molecule has 1 rings (SSSR count). The third-order valence-electron chi connectivity index (χ3n) is 2.07. The fourth-order valence-corrected chi connectivity index (χ4v) is 1.35. The Morgan fingerprint density at radius 2 is 2.30 bits per heavy atom. The average Bonchev–Trinajstić information content (AvgIpc) is 2.66. The van der Waals surface area contributed by atoms with Gasteiger partial charge in [-0.15, -0.1) is 11.6 Å². The molecule has 0 spiro atoms. The van der Waals surface area contributed by atoms with Crippen molar-refractivity contribution in [2.45, 2.75) is 18.4 Å². The van der Waals surface area contributed by atoms with Gasteiger partial charge in [-0.2, -0.15) is 0 Å². The van der Waals surface area contributed by atoms with Crippen molar-refractivity contribution in [3.05, 3.63) is 0 Å². The highest BCUT2D eigenvalue weighted by Crippen LogP contribution is 2.41. The molecule has 0 aliphatic heterocycles. The summed E-state index contributed by atoms with van der Waals surface area (Å²) in [5.41, 5.74) is -0.229. The van der Waals surface area contributed by atoms with Gasteiger partial charge in [0.05, 0.1) is 5.54 Å². The van der Waals surface area contributed by atoms with E-state index in [0.29, 0.717) is 5.88 Å². The van der Waals surface area contributed by atoms with Crippen molar-refractivity contribution in [3.8, 4) is 0 Å². The molecule has 0 radical (unpaired) electrons. The lowest BCUT2D eigenvalue weighted by molar-refractivity contribution is 0.137. The molecule has 1 N–H and O–H groups in total. The molecular formula is C6H10ClNO2. The lowest BCUT2D eigenvalue weighted by Gasteiger charge is -2.22. The fourth-order valence-electron chi connectivity index (χ4n) is 0.906. The van der Waals surface area contributed by atoms with Crippen LogP contribution in [0.2, 0.25) is 0 Å². The second kappa shape index (κ2) is 2.31. The van der Waals surface area contributed by atoms with E-state index in [4.69, 9.17) is 16.7 Å². The lowest BCUT2D eigenvalue weighted by atomic mass is 10.3. The molecule has 0 unspecified atom stereocenters. The Morgan fingerprint density at radius 1 is 1.80 bits per heavy atom. The number of carboxylic acid groups (broad SMARTS) is 1. The lowest BCUT2D eigenvalue weighted by Crippen LogP contribution is -2.39. The number of hydrogen-bond donors (Lipinski definition) is 1. The van der Waals surface area contributed by atoms with Crippen LogP contribution in [0.5, 0.6) is 0 Å². The van der Waals surface area contributed by atoms with Gasteiger partial charge in [-0.3, -0.25) is 0 Å². The van der Waals surface area contributed by atoms with Crippen LogP contribution in [0.4, 0.5) is 4.79 Å². The molecule has 4 heteroatoms. The van der Waals surface area contributed by atoms with Crippen LogP contribution in [-0.4, -0.2) is 34.6 Å². The molecule has 0 heterocycles. The van der Waals surface area contributed by atoms with Crippen molar-refractivity contribution in [3.63, 3.8) is 0 Å². The second-order valence-electron chi connectivity index (χ2n) is 2.70. The molecule has 0 atom stereocenters. The number of hydrogen-bond acceptors (Lipinski definition) is 1. The first-order valence-corrected chi connectivity index (χ1v) is 3.68. The summed E-state index contributed by atoms with van der Waals surface area (Å²) in [5, 5.41) is 8.56. The van der Waals surface area contributed by atoms with Crippen LogP contribution in [0, 0.1) is 0 Å². The quantitative estimate of drug-likeness (QED) is 0.625. The highest BCUT2D eigenvalue weighted by Gasteiger charge is 2.47. The molecule has 1 saturated carbocycles. The van der Waals surface area contributed by atoms with E-state index in [1.54, 1.807) is 7.05 Å². The number of halogens is 1. The van der Waals surface area contributed by atoms with Gasteiger partial charge in [0, 0.05) is 12.9 Å². The molecule has 0 bridgehead atoms. The van der Waals surface area contributed by atoms with E-state index >= 15 is 0 Å². The van der Waals surface area contributed by atoms with Gasteiger partial charge in [-0.05, 0) is 12.8 Å². The summed E-state index contributed by atoms with van der Waals surface area (Å²) in [7, 11) is 1.57. The third kappa shape index (κ3) is 1.06. The van der Waals surface area contributed by atoms with Crippen molar-refractivity contribution in [1.82, 2.24) is 4.90 Å². The molecule has 3 nitrogen and oxygen atoms in total. The van der Waals surface area contributed by atoms with Crippen molar-refractivity contribution in [1.29, 1.82) is 0 Å². The van der Waals surface area contributed by atoms with Gasteiger partial charge in [-0.25, -0.2) is 4.79 Å². The monoisotopic (exact) mass is 163 g/mol.